The molecule has 0 bridgehead atoms. The number of ether oxygens (including phenoxy) is 1. The molecule has 2 amide bonds. The zero-order valence-corrected chi connectivity index (χ0v) is 19.5. The summed E-state index contributed by atoms with van der Waals surface area (Å²) in [7, 11) is 0. The van der Waals surface area contributed by atoms with Crippen molar-refractivity contribution in [3.8, 4) is 0 Å². The number of nitrogens with two attached hydrogens (primary N) is 1. The molecule has 2 fully saturated rings. The number of carbonyl (C=O) groups is 2. The molecule has 5 rings (SSSR count). The van der Waals surface area contributed by atoms with Crippen molar-refractivity contribution >= 4 is 29.1 Å². The van der Waals surface area contributed by atoms with Crippen LogP contribution in [0.3, 0.4) is 0 Å². The topological polar surface area (TPSA) is 105 Å². The molecule has 2 unspecified atom stereocenters. The number of benzene rings is 3. The van der Waals surface area contributed by atoms with Crippen molar-refractivity contribution in [2.45, 2.75) is 37.8 Å². The van der Waals surface area contributed by atoms with Gasteiger partial charge >= 0.3 is 6.09 Å². The molecule has 3 aromatic carbocycles. The third-order valence-electron chi connectivity index (χ3n) is 6.54. The van der Waals surface area contributed by atoms with E-state index in [2.05, 4.69) is 28.1 Å². The lowest BCUT2D eigenvalue weighted by molar-refractivity contribution is 0.102. The van der Waals surface area contributed by atoms with Crippen molar-refractivity contribution in [2.75, 3.05) is 22.9 Å². The number of rotatable bonds is 9. The van der Waals surface area contributed by atoms with Gasteiger partial charge in [0.1, 0.15) is 6.61 Å². The molecule has 7 nitrogen and oxygen atoms in total. The molecule has 7 heteroatoms. The van der Waals surface area contributed by atoms with Gasteiger partial charge in [-0.3, -0.25) is 10.1 Å². The summed E-state index contributed by atoms with van der Waals surface area (Å²) in [6, 6.07) is 22.6. The van der Waals surface area contributed by atoms with E-state index in [1.165, 1.54) is 24.8 Å². The van der Waals surface area contributed by atoms with E-state index in [0.29, 0.717) is 34.6 Å². The van der Waals surface area contributed by atoms with Gasteiger partial charge in [0.05, 0.1) is 11.4 Å². The molecular formula is C28H30N4O3. The van der Waals surface area contributed by atoms with Gasteiger partial charge in [0.25, 0.3) is 5.91 Å². The summed E-state index contributed by atoms with van der Waals surface area (Å²) in [5.41, 5.74) is 10.2. The predicted octanol–water partition coefficient (Wildman–Crippen LogP) is 5.13. The first-order valence-electron chi connectivity index (χ1n) is 12.1. The van der Waals surface area contributed by atoms with Crippen molar-refractivity contribution in [1.29, 1.82) is 0 Å². The summed E-state index contributed by atoms with van der Waals surface area (Å²) in [5.74, 6) is 1.22. The van der Waals surface area contributed by atoms with Crippen LogP contribution in [0.25, 0.3) is 0 Å². The molecule has 3 aromatic rings. The highest BCUT2D eigenvalue weighted by Gasteiger charge is 2.38. The van der Waals surface area contributed by atoms with E-state index >= 15 is 0 Å². The molecule has 2 atom stereocenters. The predicted molar refractivity (Wildman–Crippen MR) is 137 cm³/mol. The lowest BCUT2D eigenvalue weighted by Crippen LogP contribution is -2.20. The molecular weight excluding hydrogens is 440 g/mol. The summed E-state index contributed by atoms with van der Waals surface area (Å²) in [4.78, 5) is 24.6. The Bertz CT molecular complexity index is 1190. The number of nitrogen functional groups attached to an aromatic ring is 1. The molecule has 0 heterocycles. The third-order valence-corrected chi connectivity index (χ3v) is 6.54. The molecule has 0 aromatic heterocycles. The molecule has 0 spiro atoms. The van der Waals surface area contributed by atoms with Gasteiger partial charge in [0.15, 0.2) is 0 Å². The molecule has 2 aliphatic rings. The van der Waals surface area contributed by atoms with Gasteiger partial charge in [-0.25, -0.2) is 4.79 Å². The van der Waals surface area contributed by atoms with Crippen molar-refractivity contribution in [3.63, 3.8) is 0 Å². The molecule has 35 heavy (non-hydrogen) atoms. The first-order valence-corrected chi connectivity index (χ1v) is 12.1. The molecule has 180 valence electrons. The second kappa shape index (κ2) is 10.2. The fourth-order valence-electron chi connectivity index (χ4n) is 4.10. The minimum atomic E-state index is -0.546. The third kappa shape index (κ3) is 6.19. The average molecular weight is 471 g/mol. The van der Waals surface area contributed by atoms with Crippen LogP contribution >= 0.6 is 0 Å². The molecule has 0 aliphatic heterocycles. The standard InChI is InChI=1S/C28H30N4O3/c29-24-3-1-2-4-25(24)32-27(33)21-11-13-22(14-12-21)31-28(34)35-17-19-7-9-20(10-8-19)23-15-26(23)30-16-18-5-6-18/h1-4,7-14,18,23,26,30H,5-6,15-17,29H2,(H,31,34)(H,32,33). The maximum atomic E-state index is 12.4. The summed E-state index contributed by atoms with van der Waals surface area (Å²) >= 11 is 0. The number of para-hydroxylation sites is 2. The molecule has 0 radical (unpaired) electrons. The number of amides is 2. The Labute approximate surface area is 205 Å². The van der Waals surface area contributed by atoms with Crippen molar-refractivity contribution in [3.05, 3.63) is 89.5 Å². The van der Waals surface area contributed by atoms with Crippen LogP contribution in [0.15, 0.2) is 72.8 Å². The Morgan fingerprint density at radius 1 is 0.914 bits per heavy atom. The average Bonchev–Trinajstić information content (AvgIpc) is 3.79. The Kier molecular flexibility index (Phi) is 6.68. The fourth-order valence-corrected chi connectivity index (χ4v) is 4.10. The van der Waals surface area contributed by atoms with E-state index < -0.39 is 6.09 Å². The first kappa shape index (κ1) is 22.9. The maximum Gasteiger partial charge on any atom is 0.411 e. The van der Waals surface area contributed by atoms with Crippen LogP contribution in [0.1, 0.15) is 46.7 Å². The van der Waals surface area contributed by atoms with E-state index in [9.17, 15) is 9.59 Å². The fraction of sp³-hybridized carbons (Fsp3) is 0.286. The van der Waals surface area contributed by atoms with Gasteiger partial charge in [-0.2, -0.15) is 0 Å². The van der Waals surface area contributed by atoms with E-state index in [1.54, 1.807) is 48.5 Å². The molecule has 5 N–H and O–H groups in total. The van der Waals surface area contributed by atoms with Crippen molar-refractivity contribution in [1.82, 2.24) is 5.32 Å². The van der Waals surface area contributed by atoms with Crippen LogP contribution in [0.5, 0.6) is 0 Å². The monoisotopic (exact) mass is 470 g/mol. The minimum Gasteiger partial charge on any atom is -0.444 e. The second-order valence-corrected chi connectivity index (χ2v) is 9.36. The summed E-state index contributed by atoms with van der Waals surface area (Å²) in [6.45, 7) is 1.35. The van der Waals surface area contributed by atoms with Crippen LogP contribution < -0.4 is 21.7 Å². The highest BCUT2D eigenvalue weighted by molar-refractivity contribution is 6.06. The minimum absolute atomic E-state index is 0.194. The second-order valence-electron chi connectivity index (χ2n) is 9.36. The summed E-state index contributed by atoms with van der Waals surface area (Å²) < 4.78 is 5.36. The Hall–Kier alpha value is -3.84. The lowest BCUT2D eigenvalue weighted by Gasteiger charge is -2.10. The number of anilines is 3. The van der Waals surface area contributed by atoms with Crippen LogP contribution in [0.4, 0.5) is 21.9 Å². The van der Waals surface area contributed by atoms with Crippen molar-refractivity contribution < 1.29 is 14.3 Å². The summed E-state index contributed by atoms with van der Waals surface area (Å²) in [5, 5.41) is 9.13. The van der Waals surface area contributed by atoms with Gasteiger partial charge in [0.2, 0.25) is 0 Å². The van der Waals surface area contributed by atoms with Crippen LogP contribution in [-0.2, 0) is 11.3 Å². The van der Waals surface area contributed by atoms with E-state index in [1.807, 2.05) is 12.1 Å². The Balaban J connectivity index is 1.06. The quantitative estimate of drug-likeness (QED) is 0.325. The number of hydrogen-bond donors (Lipinski definition) is 4. The van der Waals surface area contributed by atoms with Gasteiger partial charge in [0, 0.05) is 23.2 Å². The highest BCUT2D eigenvalue weighted by Crippen LogP contribution is 2.41. The van der Waals surface area contributed by atoms with Crippen LogP contribution in [-0.4, -0.2) is 24.6 Å². The number of hydrogen-bond acceptors (Lipinski definition) is 5. The van der Waals surface area contributed by atoms with Crippen LogP contribution in [0.2, 0.25) is 0 Å². The lowest BCUT2D eigenvalue weighted by atomic mass is 10.1. The van der Waals surface area contributed by atoms with Gasteiger partial charge in [-0.15, -0.1) is 0 Å². The van der Waals surface area contributed by atoms with E-state index in [0.717, 1.165) is 18.0 Å². The first-order chi connectivity index (χ1) is 17.0. The van der Waals surface area contributed by atoms with Gasteiger partial charge in [-0.1, -0.05) is 36.4 Å². The maximum absolute atomic E-state index is 12.4. The van der Waals surface area contributed by atoms with Gasteiger partial charge in [-0.05, 0) is 79.3 Å². The zero-order chi connectivity index (χ0) is 24.2. The molecule has 0 saturated heterocycles. The van der Waals surface area contributed by atoms with E-state index in [-0.39, 0.29) is 12.5 Å². The van der Waals surface area contributed by atoms with Gasteiger partial charge < -0.3 is 21.1 Å². The van der Waals surface area contributed by atoms with E-state index in [4.69, 9.17) is 10.5 Å². The van der Waals surface area contributed by atoms with Crippen LogP contribution in [0, 0.1) is 5.92 Å². The molecule has 2 saturated carbocycles. The summed E-state index contributed by atoms with van der Waals surface area (Å²) in [6.07, 6.45) is 3.40. The SMILES string of the molecule is Nc1ccccc1NC(=O)c1ccc(NC(=O)OCc2ccc(C3CC3NCC3CC3)cc2)cc1. The highest BCUT2D eigenvalue weighted by atomic mass is 16.5. The number of carbonyl (C=O) groups excluding carboxylic acids is 2. The van der Waals surface area contributed by atoms with Crippen molar-refractivity contribution in [2.24, 2.45) is 5.92 Å². The largest absolute Gasteiger partial charge is 0.444 e. The normalized spacial score (nSPS) is 18.5. The zero-order valence-electron chi connectivity index (χ0n) is 19.5. The smallest absolute Gasteiger partial charge is 0.411 e. The number of nitrogens with one attached hydrogen (secondary N) is 3. The molecule has 2 aliphatic carbocycles. The Morgan fingerprint density at radius 3 is 2.37 bits per heavy atom. The Morgan fingerprint density at radius 2 is 1.66 bits per heavy atom.